The zero-order valence-corrected chi connectivity index (χ0v) is 25.3. The number of Topliss-reactive ketones (excluding diaryl/α,β-unsaturated/α-hetero) is 3. The van der Waals surface area contributed by atoms with Crippen LogP contribution in [0.1, 0.15) is 64.4 Å². The second kappa shape index (κ2) is 13.4. The van der Waals surface area contributed by atoms with E-state index in [0.29, 0.717) is 33.0 Å². The molecule has 0 amide bonds. The van der Waals surface area contributed by atoms with Crippen molar-refractivity contribution in [2.45, 2.75) is 46.0 Å². The van der Waals surface area contributed by atoms with Crippen molar-refractivity contribution in [1.29, 1.82) is 0 Å². The van der Waals surface area contributed by atoms with Crippen LogP contribution in [0, 0.1) is 11.7 Å². The molecule has 0 bridgehead atoms. The van der Waals surface area contributed by atoms with Crippen molar-refractivity contribution >= 4 is 66.2 Å². The van der Waals surface area contributed by atoms with E-state index in [9.17, 15) is 19.2 Å². The van der Waals surface area contributed by atoms with Crippen LogP contribution in [0.25, 0.3) is 20.2 Å². The molecule has 2 aromatic heterocycles. The number of thiophene rings is 2. The van der Waals surface area contributed by atoms with Crippen molar-refractivity contribution in [2.75, 3.05) is 20.8 Å². The minimum absolute atomic E-state index is 0.0375. The van der Waals surface area contributed by atoms with E-state index >= 15 is 4.39 Å². The molecule has 42 heavy (non-hydrogen) atoms. The van der Waals surface area contributed by atoms with Gasteiger partial charge in [0.1, 0.15) is 11.5 Å². The summed E-state index contributed by atoms with van der Waals surface area (Å²) in [6, 6.07) is 8.70. The maximum absolute atomic E-state index is 15.5. The number of methoxy groups -OCH3 is 2. The molecule has 0 saturated heterocycles. The molecular formula is C31H31FO8S2. The Balaban J connectivity index is 1.46. The molecular weight excluding hydrogens is 583 g/mol. The Kier molecular flexibility index (Phi) is 9.95. The summed E-state index contributed by atoms with van der Waals surface area (Å²) in [5.41, 5.74) is 0.888. The molecule has 4 aromatic rings. The average Bonchev–Trinajstić information content (AvgIpc) is 3.58. The van der Waals surface area contributed by atoms with Crippen LogP contribution in [-0.2, 0) is 16.0 Å². The molecule has 4 rings (SSSR count). The number of halogens is 1. The van der Waals surface area contributed by atoms with Crippen LogP contribution in [-0.4, -0.2) is 49.3 Å². The SMILES string of the molecule is COc1cc2sc(C(=O)C[C@H](C)C(=O)O)cc2cc1CCCOc1c(OC)cc2sc(C(=O)CCC(C)=O)cc2c1F. The second-order valence-corrected chi connectivity index (χ2v) is 12.2. The number of ketones is 3. The number of carboxylic acids is 1. The summed E-state index contributed by atoms with van der Waals surface area (Å²) in [6.07, 6.45) is 1.22. The number of carboxylic acid groups (broad SMARTS) is 1. The molecule has 222 valence electrons. The zero-order valence-electron chi connectivity index (χ0n) is 23.7. The normalized spacial score (nSPS) is 11.9. The van der Waals surface area contributed by atoms with Crippen LogP contribution in [0.3, 0.4) is 0 Å². The van der Waals surface area contributed by atoms with Crippen molar-refractivity contribution in [3.8, 4) is 17.2 Å². The average molecular weight is 615 g/mol. The standard InChI is InChI=1S/C31H31FO8S2/c1-16(31(36)37)10-22(35)27-12-19-11-18(23(38-3)14-25(19)41-27)6-5-9-40-30-24(39-4)15-26-20(29(30)32)13-28(42-26)21(34)8-7-17(2)33/h11-16H,5-10H2,1-4H3,(H,36,37)/t16-/m0/s1. The van der Waals surface area contributed by atoms with E-state index in [1.165, 1.54) is 38.4 Å². The van der Waals surface area contributed by atoms with Crippen LogP contribution in [0.15, 0.2) is 30.3 Å². The second-order valence-electron chi connectivity index (χ2n) is 10.0. The summed E-state index contributed by atoms with van der Waals surface area (Å²) in [6.45, 7) is 3.11. The Bertz CT molecular complexity index is 1670. The Hall–Kier alpha value is -3.83. The Labute approximate surface area is 250 Å². The van der Waals surface area contributed by atoms with Gasteiger partial charge in [-0.2, -0.15) is 0 Å². The minimum Gasteiger partial charge on any atom is -0.496 e. The Morgan fingerprint density at radius 1 is 0.905 bits per heavy atom. The van der Waals surface area contributed by atoms with Gasteiger partial charge in [0, 0.05) is 40.1 Å². The van der Waals surface area contributed by atoms with E-state index in [2.05, 4.69) is 0 Å². The number of fused-ring (bicyclic) bond motifs is 2. The maximum atomic E-state index is 15.5. The molecule has 2 aromatic carbocycles. The van der Waals surface area contributed by atoms with Gasteiger partial charge < -0.3 is 24.1 Å². The van der Waals surface area contributed by atoms with Crippen molar-refractivity contribution < 1.29 is 42.9 Å². The van der Waals surface area contributed by atoms with Gasteiger partial charge in [-0.05, 0) is 55.0 Å². The molecule has 0 spiro atoms. The first-order valence-electron chi connectivity index (χ1n) is 13.3. The van der Waals surface area contributed by atoms with Crippen molar-refractivity contribution in [3.05, 3.63) is 51.5 Å². The van der Waals surface area contributed by atoms with E-state index < -0.39 is 17.7 Å². The predicted molar refractivity (Wildman–Crippen MR) is 161 cm³/mol. The van der Waals surface area contributed by atoms with E-state index in [4.69, 9.17) is 19.3 Å². The molecule has 11 heteroatoms. The Morgan fingerprint density at radius 3 is 2.24 bits per heavy atom. The first-order chi connectivity index (χ1) is 20.0. The molecule has 0 saturated carbocycles. The monoisotopic (exact) mass is 614 g/mol. The number of aryl methyl sites for hydroxylation is 1. The lowest BCUT2D eigenvalue weighted by Crippen LogP contribution is -2.13. The lowest BCUT2D eigenvalue weighted by molar-refractivity contribution is -0.141. The van der Waals surface area contributed by atoms with Gasteiger partial charge in [0.05, 0.1) is 36.5 Å². The summed E-state index contributed by atoms with van der Waals surface area (Å²) in [4.78, 5) is 48.3. The summed E-state index contributed by atoms with van der Waals surface area (Å²) in [5, 5.41) is 10.2. The molecule has 1 N–H and O–H groups in total. The molecule has 2 heterocycles. The lowest BCUT2D eigenvalue weighted by atomic mass is 10.0. The number of rotatable bonds is 15. The highest BCUT2D eigenvalue weighted by Crippen LogP contribution is 2.40. The summed E-state index contributed by atoms with van der Waals surface area (Å²) in [5.74, 6) is -2.07. The van der Waals surface area contributed by atoms with Crippen LogP contribution in [0.4, 0.5) is 4.39 Å². The summed E-state index contributed by atoms with van der Waals surface area (Å²) in [7, 11) is 2.98. The summed E-state index contributed by atoms with van der Waals surface area (Å²) >= 11 is 2.45. The van der Waals surface area contributed by atoms with Gasteiger partial charge in [0.15, 0.2) is 28.9 Å². The number of hydrogen-bond acceptors (Lipinski definition) is 9. The molecule has 1 atom stereocenters. The molecule has 0 aliphatic heterocycles. The molecule has 0 aliphatic rings. The molecule has 8 nitrogen and oxygen atoms in total. The number of hydrogen-bond donors (Lipinski definition) is 1. The van der Waals surface area contributed by atoms with E-state index in [1.54, 1.807) is 19.2 Å². The van der Waals surface area contributed by atoms with Crippen LogP contribution < -0.4 is 14.2 Å². The number of aliphatic carboxylic acids is 1. The van der Waals surface area contributed by atoms with Gasteiger partial charge in [-0.3, -0.25) is 14.4 Å². The fourth-order valence-electron chi connectivity index (χ4n) is 4.48. The van der Waals surface area contributed by atoms with Crippen LogP contribution >= 0.6 is 22.7 Å². The predicted octanol–water partition coefficient (Wildman–Crippen LogP) is 7.13. The van der Waals surface area contributed by atoms with E-state index in [0.717, 1.165) is 27.0 Å². The molecule has 0 radical (unpaired) electrons. The lowest BCUT2D eigenvalue weighted by Gasteiger charge is -2.13. The quantitative estimate of drug-likeness (QED) is 0.111. The van der Waals surface area contributed by atoms with Crippen LogP contribution in [0.2, 0.25) is 0 Å². The van der Waals surface area contributed by atoms with Crippen molar-refractivity contribution in [3.63, 3.8) is 0 Å². The topological polar surface area (TPSA) is 116 Å². The first kappa shape index (κ1) is 31.1. The molecule has 0 fully saturated rings. The number of benzene rings is 2. The van der Waals surface area contributed by atoms with Gasteiger partial charge in [-0.1, -0.05) is 6.92 Å². The van der Waals surface area contributed by atoms with Gasteiger partial charge in [-0.25, -0.2) is 4.39 Å². The smallest absolute Gasteiger partial charge is 0.306 e. The third-order valence-electron chi connectivity index (χ3n) is 6.83. The molecule has 0 aliphatic carbocycles. The van der Waals surface area contributed by atoms with Gasteiger partial charge in [0.25, 0.3) is 0 Å². The molecule has 0 unspecified atom stereocenters. The Morgan fingerprint density at radius 2 is 1.57 bits per heavy atom. The summed E-state index contributed by atoms with van der Waals surface area (Å²) < 4.78 is 33.7. The van der Waals surface area contributed by atoms with Gasteiger partial charge in [0.2, 0.25) is 0 Å². The highest BCUT2D eigenvalue weighted by molar-refractivity contribution is 7.21. The minimum atomic E-state index is -1.01. The van der Waals surface area contributed by atoms with E-state index in [-0.39, 0.29) is 60.1 Å². The third-order valence-corrected chi connectivity index (χ3v) is 9.09. The number of ether oxygens (including phenoxy) is 3. The van der Waals surface area contributed by atoms with Crippen molar-refractivity contribution in [2.24, 2.45) is 5.92 Å². The van der Waals surface area contributed by atoms with Gasteiger partial charge in [-0.15, -0.1) is 22.7 Å². The van der Waals surface area contributed by atoms with Crippen molar-refractivity contribution in [1.82, 2.24) is 0 Å². The number of carbonyl (C=O) groups is 4. The highest BCUT2D eigenvalue weighted by atomic mass is 32.1. The largest absolute Gasteiger partial charge is 0.496 e. The number of carbonyl (C=O) groups excluding carboxylic acids is 3. The first-order valence-corrected chi connectivity index (χ1v) is 15.0. The zero-order chi connectivity index (χ0) is 30.6. The van der Waals surface area contributed by atoms with E-state index in [1.807, 2.05) is 12.1 Å². The fourth-order valence-corrected chi connectivity index (χ4v) is 6.55. The van der Waals surface area contributed by atoms with Gasteiger partial charge >= 0.3 is 5.97 Å². The highest BCUT2D eigenvalue weighted by Gasteiger charge is 2.22. The fraction of sp³-hybridized carbons (Fsp3) is 0.355. The maximum Gasteiger partial charge on any atom is 0.306 e. The van der Waals surface area contributed by atoms with Crippen LogP contribution in [0.5, 0.6) is 17.2 Å². The third kappa shape index (κ3) is 6.96.